The first-order chi connectivity index (χ1) is 13.6. The van der Waals surface area contributed by atoms with Gasteiger partial charge in [0.15, 0.2) is 0 Å². The first-order valence-corrected chi connectivity index (χ1v) is 9.36. The van der Waals surface area contributed by atoms with Crippen LogP contribution in [-0.2, 0) is 0 Å². The molecule has 0 saturated carbocycles. The smallest absolute Gasteiger partial charge is 0.131 e. The highest BCUT2D eigenvalue weighted by Crippen LogP contribution is 2.31. The van der Waals surface area contributed by atoms with Crippen LogP contribution in [0.4, 0.5) is 0 Å². The van der Waals surface area contributed by atoms with Crippen molar-refractivity contribution in [3.05, 3.63) is 94.8 Å². The van der Waals surface area contributed by atoms with E-state index < -0.39 is 0 Å². The molecule has 138 valence electrons. The summed E-state index contributed by atoms with van der Waals surface area (Å²) >= 11 is 6.05. The zero-order valence-electron chi connectivity index (χ0n) is 15.4. The number of nitrogens with one attached hydrogen (secondary N) is 1. The lowest BCUT2D eigenvalue weighted by atomic mass is 10.0. The highest BCUT2D eigenvalue weighted by Gasteiger charge is 2.13. The lowest BCUT2D eigenvalue weighted by Crippen LogP contribution is -1.84. The number of hydrogen-bond donors (Lipinski definition) is 2. The Hall–Kier alpha value is -3.30. The van der Waals surface area contributed by atoms with E-state index in [0.717, 1.165) is 33.9 Å². The van der Waals surface area contributed by atoms with Crippen molar-refractivity contribution in [2.24, 2.45) is 0 Å². The van der Waals surface area contributed by atoms with Gasteiger partial charge in [0.05, 0.1) is 11.4 Å². The summed E-state index contributed by atoms with van der Waals surface area (Å²) in [4.78, 5) is 8.24. The van der Waals surface area contributed by atoms with Crippen LogP contribution < -0.4 is 0 Å². The summed E-state index contributed by atoms with van der Waals surface area (Å²) in [6.07, 6.45) is 3.90. The van der Waals surface area contributed by atoms with Gasteiger partial charge in [-0.1, -0.05) is 71.8 Å². The quantitative estimate of drug-likeness (QED) is 0.416. The molecule has 0 bridgehead atoms. The van der Waals surface area contributed by atoms with Gasteiger partial charge in [-0.2, -0.15) is 0 Å². The number of phenolic OH excluding ortho intramolecular Hbond substituents is 1. The lowest BCUT2D eigenvalue weighted by Gasteiger charge is -2.04. The van der Waals surface area contributed by atoms with Gasteiger partial charge in [0.2, 0.25) is 0 Å². The number of nitrogens with zero attached hydrogens (tertiary/aromatic N) is 1. The summed E-state index contributed by atoms with van der Waals surface area (Å²) in [5.74, 6) is 1.01. The van der Waals surface area contributed by atoms with Crippen LogP contribution in [0.15, 0.2) is 72.8 Å². The molecule has 3 nitrogen and oxygen atoms in total. The summed E-state index contributed by atoms with van der Waals surface area (Å²) in [6, 6.07) is 23.1. The third kappa shape index (κ3) is 4.00. The number of H-pyrrole nitrogens is 1. The van der Waals surface area contributed by atoms with Gasteiger partial charge < -0.3 is 10.1 Å². The molecule has 0 radical (unpaired) electrons. The maximum Gasteiger partial charge on any atom is 0.131 e. The summed E-state index contributed by atoms with van der Waals surface area (Å²) < 4.78 is 0. The number of aromatic nitrogens is 2. The Bertz CT molecular complexity index is 1050. The monoisotopic (exact) mass is 386 g/mol. The standard InChI is InChI=1S/C24H19ClN2O/c1-16-2-7-18(8-3-16)23-24(19-9-11-20(25)12-10-19)27-22(26-23)15-6-17-4-13-21(28)14-5-17/h2-15,28H,1H3,(H,26,27). The molecule has 0 unspecified atom stereocenters. The van der Waals surface area contributed by atoms with Crippen LogP contribution in [0, 0.1) is 6.92 Å². The van der Waals surface area contributed by atoms with Crippen molar-refractivity contribution in [2.75, 3.05) is 0 Å². The number of hydrogen-bond acceptors (Lipinski definition) is 2. The fraction of sp³-hybridized carbons (Fsp3) is 0.0417. The first-order valence-electron chi connectivity index (χ1n) is 8.98. The number of halogens is 1. The maximum atomic E-state index is 9.42. The summed E-state index contributed by atoms with van der Waals surface area (Å²) in [7, 11) is 0. The fourth-order valence-electron chi connectivity index (χ4n) is 2.98. The van der Waals surface area contributed by atoms with E-state index in [1.54, 1.807) is 12.1 Å². The Balaban J connectivity index is 1.76. The Kier molecular flexibility index (Phi) is 5.00. The Labute approximate surface area is 169 Å². The third-order valence-electron chi connectivity index (χ3n) is 4.51. The molecule has 2 N–H and O–H groups in total. The molecule has 4 rings (SSSR count). The van der Waals surface area contributed by atoms with E-state index in [1.165, 1.54) is 5.56 Å². The minimum absolute atomic E-state index is 0.252. The Morgan fingerprint density at radius 3 is 2.14 bits per heavy atom. The number of benzene rings is 3. The van der Waals surface area contributed by atoms with Gasteiger partial charge in [0.1, 0.15) is 11.6 Å². The van der Waals surface area contributed by atoms with Crippen molar-refractivity contribution in [1.29, 1.82) is 0 Å². The topological polar surface area (TPSA) is 48.9 Å². The minimum Gasteiger partial charge on any atom is -0.508 e. The molecular weight excluding hydrogens is 368 g/mol. The first kappa shape index (κ1) is 18.1. The van der Waals surface area contributed by atoms with E-state index >= 15 is 0 Å². The molecule has 3 aromatic carbocycles. The Morgan fingerprint density at radius 1 is 0.821 bits per heavy atom. The second-order valence-electron chi connectivity index (χ2n) is 6.64. The number of aryl methyl sites for hydroxylation is 1. The van der Waals surface area contributed by atoms with E-state index in [1.807, 2.05) is 48.6 Å². The van der Waals surface area contributed by atoms with Crippen LogP contribution in [0.25, 0.3) is 34.7 Å². The van der Waals surface area contributed by atoms with E-state index in [0.29, 0.717) is 5.02 Å². The van der Waals surface area contributed by atoms with Gasteiger partial charge in [-0.25, -0.2) is 4.98 Å². The number of aromatic amines is 1. The molecule has 4 aromatic rings. The number of aromatic hydroxyl groups is 1. The third-order valence-corrected chi connectivity index (χ3v) is 4.76. The Morgan fingerprint density at radius 2 is 1.46 bits per heavy atom. The van der Waals surface area contributed by atoms with Gasteiger partial charge in [0, 0.05) is 16.1 Å². The van der Waals surface area contributed by atoms with E-state index in [9.17, 15) is 5.11 Å². The van der Waals surface area contributed by atoms with Crippen molar-refractivity contribution in [3.63, 3.8) is 0 Å². The lowest BCUT2D eigenvalue weighted by molar-refractivity contribution is 0.475. The molecule has 4 heteroatoms. The molecule has 0 aliphatic heterocycles. The molecule has 0 saturated heterocycles. The zero-order chi connectivity index (χ0) is 19.5. The van der Waals surface area contributed by atoms with Crippen molar-refractivity contribution in [2.45, 2.75) is 6.92 Å². The summed E-state index contributed by atoms with van der Waals surface area (Å²) in [5.41, 5.74) is 6.12. The molecular formula is C24H19ClN2O. The molecule has 0 aliphatic rings. The van der Waals surface area contributed by atoms with Gasteiger partial charge in [-0.05, 0) is 42.8 Å². The zero-order valence-corrected chi connectivity index (χ0v) is 16.1. The van der Waals surface area contributed by atoms with Gasteiger partial charge in [0.25, 0.3) is 0 Å². The molecule has 1 aromatic heterocycles. The highest BCUT2D eigenvalue weighted by atomic mass is 35.5. The van der Waals surface area contributed by atoms with Crippen molar-refractivity contribution in [1.82, 2.24) is 9.97 Å². The predicted octanol–water partition coefficient (Wildman–Crippen LogP) is 6.58. The van der Waals surface area contributed by atoms with Crippen LogP contribution in [0.5, 0.6) is 5.75 Å². The molecule has 0 amide bonds. The van der Waals surface area contributed by atoms with Crippen LogP contribution in [0.2, 0.25) is 5.02 Å². The van der Waals surface area contributed by atoms with Crippen LogP contribution in [-0.4, -0.2) is 15.1 Å². The average molecular weight is 387 g/mol. The minimum atomic E-state index is 0.252. The second-order valence-corrected chi connectivity index (χ2v) is 7.08. The summed E-state index contributed by atoms with van der Waals surface area (Å²) in [5, 5.41) is 10.1. The van der Waals surface area contributed by atoms with Gasteiger partial charge >= 0.3 is 0 Å². The predicted molar refractivity (Wildman–Crippen MR) is 116 cm³/mol. The van der Waals surface area contributed by atoms with Crippen LogP contribution in [0.3, 0.4) is 0 Å². The van der Waals surface area contributed by atoms with Crippen LogP contribution in [0.1, 0.15) is 17.0 Å². The van der Waals surface area contributed by atoms with Gasteiger partial charge in [-0.3, -0.25) is 0 Å². The fourth-order valence-corrected chi connectivity index (χ4v) is 3.10. The molecule has 28 heavy (non-hydrogen) atoms. The molecule has 0 aliphatic carbocycles. The SMILES string of the molecule is Cc1ccc(-c2[nH]c(C=Cc3ccc(O)cc3)nc2-c2ccc(Cl)cc2)cc1. The van der Waals surface area contributed by atoms with Gasteiger partial charge in [-0.15, -0.1) is 0 Å². The second kappa shape index (κ2) is 7.75. The number of rotatable bonds is 4. The summed E-state index contributed by atoms with van der Waals surface area (Å²) in [6.45, 7) is 2.07. The number of imidazole rings is 1. The van der Waals surface area contributed by atoms with E-state index in [-0.39, 0.29) is 5.75 Å². The van der Waals surface area contributed by atoms with E-state index in [4.69, 9.17) is 16.6 Å². The van der Waals surface area contributed by atoms with Crippen LogP contribution >= 0.6 is 11.6 Å². The maximum absolute atomic E-state index is 9.42. The average Bonchev–Trinajstić information content (AvgIpc) is 3.13. The normalized spacial score (nSPS) is 11.2. The molecule has 0 spiro atoms. The van der Waals surface area contributed by atoms with Crippen molar-refractivity contribution >= 4 is 23.8 Å². The number of phenols is 1. The highest BCUT2D eigenvalue weighted by molar-refractivity contribution is 6.30. The van der Waals surface area contributed by atoms with Crippen molar-refractivity contribution < 1.29 is 5.11 Å². The molecule has 0 fully saturated rings. The van der Waals surface area contributed by atoms with Crippen molar-refractivity contribution in [3.8, 4) is 28.3 Å². The molecule has 0 atom stereocenters. The molecule has 1 heterocycles. The largest absolute Gasteiger partial charge is 0.508 e. The van der Waals surface area contributed by atoms with E-state index in [2.05, 4.69) is 36.2 Å².